The molecular weight excluding hydrogens is 192 g/mol. The number of nitrogens with zero attached hydrogens (tertiary/aromatic N) is 2. The highest BCUT2D eigenvalue weighted by molar-refractivity contribution is 5.87. The van der Waals surface area contributed by atoms with Crippen molar-refractivity contribution in [1.82, 2.24) is 9.38 Å². The van der Waals surface area contributed by atoms with Gasteiger partial charge >= 0.3 is 5.97 Å². The molecular formula is C11H12N2O2. The molecule has 15 heavy (non-hydrogen) atoms. The van der Waals surface area contributed by atoms with Crippen molar-refractivity contribution in [3.63, 3.8) is 0 Å². The Morgan fingerprint density at radius 1 is 1.47 bits per heavy atom. The van der Waals surface area contributed by atoms with Gasteiger partial charge in [0.2, 0.25) is 0 Å². The van der Waals surface area contributed by atoms with E-state index in [4.69, 9.17) is 5.11 Å². The highest BCUT2D eigenvalue weighted by atomic mass is 16.4. The molecule has 2 aromatic rings. The first-order valence-corrected chi connectivity index (χ1v) is 4.80. The van der Waals surface area contributed by atoms with E-state index in [9.17, 15) is 4.79 Å². The molecule has 0 aliphatic rings. The minimum absolute atomic E-state index is 0.258. The summed E-state index contributed by atoms with van der Waals surface area (Å²) in [7, 11) is 0. The quantitative estimate of drug-likeness (QED) is 0.815. The molecule has 0 aliphatic carbocycles. The lowest BCUT2D eigenvalue weighted by atomic mass is 10.0. The lowest BCUT2D eigenvalue weighted by Crippen LogP contribution is -2.06. The molecule has 0 atom stereocenters. The molecule has 0 fully saturated rings. The van der Waals surface area contributed by atoms with E-state index in [0.717, 1.165) is 5.56 Å². The number of hydrogen-bond donors (Lipinski definition) is 1. The van der Waals surface area contributed by atoms with Gasteiger partial charge in [-0.3, -0.25) is 4.40 Å². The Kier molecular flexibility index (Phi) is 2.19. The molecule has 0 amide bonds. The van der Waals surface area contributed by atoms with Crippen LogP contribution in [0, 0.1) is 0 Å². The summed E-state index contributed by atoms with van der Waals surface area (Å²) >= 11 is 0. The summed E-state index contributed by atoms with van der Waals surface area (Å²) in [5.74, 6) is -0.634. The third-order valence-electron chi connectivity index (χ3n) is 2.41. The number of carboxylic acid groups (broad SMARTS) is 1. The molecule has 2 rings (SSSR count). The van der Waals surface area contributed by atoms with Gasteiger partial charge in [0.25, 0.3) is 0 Å². The SMILES string of the molecule is CC(C)c1cc(C(=O)O)n2ccnc2c1. The summed E-state index contributed by atoms with van der Waals surface area (Å²) in [4.78, 5) is 15.1. The molecule has 0 saturated heterocycles. The lowest BCUT2D eigenvalue weighted by Gasteiger charge is -2.08. The average molecular weight is 204 g/mol. The van der Waals surface area contributed by atoms with Gasteiger partial charge in [-0.15, -0.1) is 0 Å². The molecule has 2 aromatic heterocycles. The van der Waals surface area contributed by atoms with Gasteiger partial charge in [-0.05, 0) is 23.6 Å². The van der Waals surface area contributed by atoms with Crippen LogP contribution >= 0.6 is 0 Å². The maximum absolute atomic E-state index is 11.0. The Bertz CT molecular complexity index is 514. The largest absolute Gasteiger partial charge is 0.477 e. The minimum Gasteiger partial charge on any atom is -0.477 e. The zero-order valence-corrected chi connectivity index (χ0v) is 8.64. The van der Waals surface area contributed by atoms with Crippen LogP contribution in [0.2, 0.25) is 0 Å². The van der Waals surface area contributed by atoms with Gasteiger partial charge in [-0.1, -0.05) is 13.8 Å². The van der Waals surface area contributed by atoms with Crippen molar-refractivity contribution < 1.29 is 9.90 Å². The van der Waals surface area contributed by atoms with Gasteiger partial charge in [-0.2, -0.15) is 0 Å². The highest BCUT2D eigenvalue weighted by Crippen LogP contribution is 2.18. The number of fused-ring (bicyclic) bond motifs is 1. The summed E-state index contributed by atoms with van der Waals surface area (Å²) < 4.78 is 1.58. The fourth-order valence-corrected chi connectivity index (χ4v) is 1.54. The van der Waals surface area contributed by atoms with E-state index in [1.165, 1.54) is 0 Å². The molecule has 0 radical (unpaired) electrons. The molecule has 0 saturated carbocycles. The second-order valence-corrected chi connectivity index (χ2v) is 3.79. The fourth-order valence-electron chi connectivity index (χ4n) is 1.54. The maximum Gasteiger partial charge on any atom is 0.352 e. The number of hydrogen-bond acceptors (Lipinski definition) is 2. The average Bonchev–Trinajstić information content (AvgIpc) is 2.62. The Morgan fingerprint density at radius 2 is 2.20 bits per heavy atom. The van der Waals surface area contributed by atoms with E-state index >= 15 is 0 Å². The van der Waals surface area contributed by atoms with E-state index in [2.05, 4.69) is 4.98 Å². The maximum atomic E-state index is 11.0. The van der Waals surface area contributed by atoms with Crippen molar-refractivity contribution in [3.05, 3.63) is 35.8 Å². The Hall–Kier alpha value is -1.84. The normalized spacial score (nSPS) is 11.1. The van der Waals surface area contributed by atoms with Gasteiger partial charge in [0.1, 0.15) is 11.3 Å². The fraction of sp³-hybridized carbons (Fsp3) is 0.273. The first-order valence-electron chi connectivity index (χ1n) is 4.80. The van der Waals surface area contributed by atoms with Gasteiger partial charge in [0, 0.05) is 12.4 Å². The number of aromatic nitrogens is 2. The molecule has 4 heteroatoms. The Balaban J connectivity index is 2.74. The van der Waals surface area contributed by atoms with Crippen LogP contribution in [0.25, 0.3) is 5.65 Å². The monoisotopic (exact) mass is 204 g/mol. The molecule has 0 aromatic carbocycles. The Labute approximate surface area is 87.2 Å². The van der Waals surface area contributed by atoms with E-state index < -0.39 is 5.97 Å². The summed E-state index contributed by atoms with van der Waals surface area (Å²) in [5, 5.41) is 9.06. The third kappa shape index (κ3) is 1.58. The van der Waals surface area contributed by atoms with Crippen molar-refractivity contribution in [2.45, 2.75) is 19.8 Å². The minimum atomic E-state index is -0.930. The van der Waals surface area contributed by atoms with Crippen molar-refractivity contribution in [2.24, 2.45) is 0 Å². The van der Waals surface area contributed by atoms with Crippen LogP contribution in [0.5, 0.6) is 0 Å². The Morgan fingerprint density at radius 3 is 2.80 bits per heavy atom. The molecule has 0 aliphatic heterocycles. The predicted octanol–water partition coefficient (Wildman–Crippen LogP) is 2.16. The van der Waals surface area contributed by atoms with Crippen molar-refractivity contribution in [3.8, 4) is 0 Å². The van der Waals surface area contributed by atoms with Gasteiger partial charge in [0.15, 0.2) is 0 Å². The van der Waals surface area contributed by atoms with Crippen molar-refractivity contribution in [1.29, 1.82) is 0 Å². The number of imidazole rings is 1. The first kappa shape index (κ1) is 9.71. The highest BCUT2D eigenvalue weighted by Gasteiger charge is 2.12. The topological polar surface area (TPSA) is 54.6 Å². The van der Waals surface area contributed by atoms with Gasteiger partial charge < -0.3 is 5.11 Å². The van der Waals surface area contributed by atoms with Crippen LogP contribution in [0.3, 0.4) is 0 Å². The second kappa shape index (κ2) is 3.38. The summed E-state index contributed by atoms with van der Waals surface area (Å²) in [5.41, 5.74) is 1.93. The first-order chi connectivity index (χ1) is 7.09. The molecule has 0 bridgehead atoms. The third-order valence-corrected chi connectivity index (χ3v) is 2.41. The van der Waals surface area contributed by atoms with Crippen LogP contribution < -0.4 is 0 Å². The molecule has 0 spiro atoms. The number of carbonyl (C=O) groups is 1. The van der Waals surface area contributed by atoms with Crippen LogP contribution in [0.1, 0.15) is 35.8 Å². The number of pyridine rings is 1. The number of rotatable bonds is 2. The molecule has 2 heterocycles. The van der Waals surface area contributed by atoms with Crippen LogP contribution in [0.15, 0.2) is 24.5 Å². The van der Waals surface area contributed by atoms with Crippen LogP contribution in [-0.4, -0.2) is 20.5 Å². The zero-order valence-electron chi connectivity index (χ0n) is 8.64. The van der Waals surface area contributed by atoms with E-state index in [1.807, 2.05) is 19.9 Å². The van der Waals surface area contributed by atoms with Gasteiger partial charge in [-0.25, -0.2) is 9.78 Å². The van der Waals surface area contributed by atoms with Crippen molar-refractivity contribution >= 4 is 11.6 Å². The van der Waals surface area contributed by atoms with Crippen LogP contribution in [0.4, 0.5) is 0 Å². The summed E-state index contributed by atoms with van der Waals surface area (Å²) in [6.07, 6.45) is 3.26. The molecule has 1 N–H and O–H groups in total. The molecule has 78 valence electrons. The number of aromatic carboxylic acids is 1. The number of carboxylic acids is 1. The molecule has 4 nitrogen and oxygen atoms in total. The lowest BCUT2D eigenvalue weighted by molar-refractivity contribution is 0.0688. The van der Waals surface area contributed by atoms with E-state index in [-0.39, 0.29) is 5.69 Å². The van der Waals surface area contributed by atoms with Crippen molar-refractivity contribution in [2.75, 3.05) is 0 Å². The van der Waals surface area contributed by atoms with Crippen LogP contribution in [-0.2, 0) is 0 Å². The van der Waals surface area contributed by atoms with E-state index in [1.54, 1.807) is 22.9 Å². The zero-order chi connectivity index (χ0) is 11.0. The predicted molar refractivity (Wildman–Crippen MR) is 56.2 cm³/mol. The second-order valence-electron chi connectivity index (χ2n) is 3.79. The summed E-state index contributed by atoms with van der Waals surface area (Å²) in [6, 6.07) is 3.61. The summed E-state index contributed by atoms with van der Waals surface area (Å²) in [6.45, 7) is 4.06. The smallest absolute Gasteiger partial charge is 0.352 e. The standard InChI is InChI=1S/C11H12N2O2/c1-7(2)8-5-9(11(14)15)13-4-3-12-10(13)6-8/h3-7H,1-2H3,(H,14,15). The van der Waals surface area contributed by atoms with Gasteiger partial charge in [0.05, 0.1) is 0 Å². The van der Waals surface area contributed by atoms with E-state index in [0.29, 0.717) is 11.6 Å². The molecule has 0 unspecified atom stereocenters.